The summed E-state index contributed by atoms with van der Waals surface area (Å²) in [5.74, 6) is -0.634. The van der Waals surface area contributed by atoms with Gasteiger partial charge in [0.2, 0.25) is 0 Å². The fraction of sp³-hybridized carbons (Fsp3) is 0.536. The lowest BCUT2D eigenvalue weighted by Gasteiger charge is -2.37. The maximum atomic E-state index is 13.8. The Bertz CT molecular complexity index is 960. The molecule has 2 fully saturated rings. The van der Waals surface area contributed by atoms with Crippen molar-refractivity contribution in [2.75, 3.05) is 78.8 Å². The van der Waals surface area contributed by atoms with Crippen LogP contribution in [-0.2, 0) is 20.8 Å². The van der Waals surface area contributed by atoms with Crippen LogP contribution in [0.5, 0.6) is 0 Å². The minimum Gasteiger partial charge on any atom is -0.389 e. The standard InChI is InChI=1S/C28H38FN3O5/c29-25-8-4-7-24(17-25)28(34)32(10-9-30-11-14-35-15-12-30)20-27-19-31(13-16-37-27)18-26(33)22-36-21-23-5-2-1-3-6-23/h1-8,17,26-27,33H,9-16,18-22H2. The van der Waals surface area contributed by atoms with Crippen molar-refractivity contribution in [1.82, 2.24) is 14.7 Å². The molecule has 2 unspecified atom stereocenters. The third-order valence-corrected chi connectivity index (χ3v) is 6.69. The van der Waals surface area contributed by atoms with Crippen molar-refractivity contribution in [2.45, 2.75) is 18.8 Å². The van der Waals surface area contributed by atoms with E-state index in [1.807, 2.05) is 30.3 Å². The van der Waals surface area contributed by atoms with E-state index in [2.05, 4.69) is 9.80 Å². The zero-order valence-corrected chi connectivity index (χ0v) is 21.3. The highest BCUT2D eigenvalue weighted by molar-refractivity contribution is 5.94. The van der Waals surface area contributed by atoms with Gasteiger partial charge in [-0.2, -0.15) is 0 Å². The molecule has 0 spiro atoms. The molecule has 202 valence electrons. The van der Waals surface area contributed by atoms with Gasteiger partial charge in [0.15, 0.2) is 0 Å². The van der Waals surface area contributed by atoms with Gasteiger partial charge in [-0.3, -0.25) is 14.6 Å². The highest BCUT2D eigenvalue weighted by atomic mass is 19.1. The molecule has 2 aliphatic rings. The molecule has 8 nitrogen and oxygen atoms in total. The van der Waals surface area contributed by atoms with E-state index in [4.69, 9.17) is 14.2 Å². The van der Waals surface area contributed by atoms with Crippen LogP contribution in [0.2, 0.25) is 0 Å². The van der Waals surface area contributed by atoms with Gasteiger partial charge in [0, 0.05) is 57.9 Å². The Hall–Kier alpha value is -2.40. The number of halogens is 1. The van der Waals surface area contributed by atoms with Crippen molar-refractivity contribution in [3.8, 4) is 0 Å². The van der Waals surface area contributed by atoms with Gasteiger partial charge in [0.05, 0.1) is 45.2 Å². The van der Waals surface area contributed by atoms with Crippen LogP contribution in [0.1, 0.15) is 15.9 Å². The number of amides is 1. The van der Waals surface area contributed by atoms with Crippen molar-refractivity contribution in [3.05, 3.63) is 71.5 Å². The molecule has 2 aliphatic heterocycles. The average molecular weight is 516 g/mol. The molecule has 1 N–H and O–H groups in total. The van der Waals surface area contributed by atoms with Crippen LogP contribution in [0.4, 0.5) is 4.39 Å². The predicted octanol–water partition coefficient (Wildman–Crippen LogP) is 1.88. The molecule has 2 heterocycles. The molecule has 0 aliphatic carbocycles. The summed E-state index contributed by atoms with van der Waals surface area (Å²) in [6.07, 6.45) is -0.817. The fourth-order valence-corrected chi connectivity index (χ4v) is 4.71. The third-order valence-electron chi connectivity index (χ3n) is 6.69. The van der Waals surface area contributed by atoms with Gasteiger partial charge in [-0.05, 0) is 23.8 Å². The number of rotatable bonds is 12. The van der Waals surface area contributed by atoms with Crippen LogP contribution in [0.3, 0.4) is 0 Å². The van der Waals surface area contributed by atoms with E-state index in [1.165, 1.54) is 12.1 Å². The summed E-state index contributed by atoms with van der Waals surface area (Å²) in [5.41, 5.74) is 1.40. The molecular weight excluding hydrogens is 477 g/mol. The summed E-state index contributed by atoms with van der Waals surface area (Å²) >= 11 is 0. The lowest BCUT2D eigenvalue weighted by molar-refractivity contribution is -0.0604. The van der Waals surface area contributed by atoms with E-state index in [0.717, 1.165) is 25.2 Å². The Morgan fingerprint density at radius 2 is 1.86 bits per heavy atom. The summed E-state index contributed by atoms with van der Waals surface area (Å²) in [6.45, 7) is 7.70. The first kappa shape index (κ1) is 27.6. The number of hydrogen-bond donors (Lipinski definition) is 1. The maximum Gasteiger partial charge on any atom is 0.254 e. The van der Waals surface area contributed by atoms with E-state index in [1.54, 1.807) is 17.0 Å². The number of morpholine rings is 2. The SMILES string of the molecule is O=C(c1cccc(F)c1)N(CCN1CCOCC1)CC1CN(CC(O)COCc2ccccc2)CCO1. The quantitative estimate of drug-likeness (QED) is 0.463. The Morgan fingerprint density at radius 1 is 1.08 bits per heavy atom. The normalized spacial score (nSPS) is 20.0. The molecule has 37 heavy (non-hydrogen) atoms. The molecule has 2 atom stereocenters. The molecule has 0 saturated carbocycles. The molecule has 9 heteroatoms. The molecule has 2 aromatic rings. The van der Waals surface area contributed by atoms with Gasteiger partial charge < -0.3 is 24.2 Å². The Morgan fingerprint density at radius 3 is 2.65 bits per heavy atom. The van der Waals surface area contributed by atoms with E-state index in [0.29, 0.717) is 64.7 Å². The van der Waals surface area contributed by atoms with Crippen molar-refractivity contribution in [1.29, 1.82) is 0 Å². The minimum atomic E-state index is -0.617. The van der Waals surface area contributed by atoms with Crippen molar-refractivity contribution in [2.24, 2.45) is 0 Å². The average Bonchev–Trinajstić information content (AvgIpc) is 2.92. The number of aliphatic hydroxyl groups is 1. The van der Waals surface area contributed by atoms with Crippen LogP contribution in [0.25, 0.3) is 0 Å². The van der Waals surface area contributed by atoms with Gasteiger partial charge in [-0.15, -0.1) is 0 Å². The summed E-state index contributed by atoms with van der Waals surface area (Å²) in [4.78, 5) is 19.5. The lowest BCUT2D eigenvalue weighted by atomic mass is 10.1. The van der Waals surface area contributed by atoms with Crippen molar-refractivity contribution in [3.63, 3.8) is 0 Å². The molecule has 0 bridgehead atoms. The molecular formula is C28H38FN3O5. The second-order valence-corrected chi connectivity index (χ2v) is 9.62. The number of hydrogen-bond acceptors (Lipinski definition) is 7. The zero-order chi connectivity index (χ0) is 25.9. The predicted molar refractivity (Wildman–Crippen MR) is 138 cm³/mol. The molecule has 1 amide bonds. The van der Waals surface area contributed by atoms with Gasteiger partial charge in [0.25, 0.3) is 5.91 Å². The summed E-state index contributed by atoms with van der Waals surface area (Å²) in [7, 11) is 0. The van der Waals surface area contributed by atoms with Crippen LogP contribution in [-0.4, -0.2) is 117 Å². The van der Waals surface area contributed by atoms with E-state index >= 15 is 0 Å². The topological polar surface area (TPSA) is 74.7 Å². The molecule has 2 saturated heterocycles. The van der Waals surface area contributed by atoms with Crippen molar-refractivity contribution >= 4 is 5.91 Å². The minimum absolute atomic E-state index is 0.201. The van der Waals surface area contributed by atoms with Crippen molar-refractivity contribution < 1.29 is 28.5 Å². The summed E-state index contributed by atoms with van der Waals surface area (Å²) in [5, 5.41) is 10.5. The molecule has 2 aromatic carbocycles. The van der Waals surface area contributed by atoms with Gasteiger partial charge >= 0.3 is 0 Å². The molecule has 0 aromatic heterocycles. The molecule has 4 rings (SSSR count). The smallest absolute Gasteiger partial charge is 0.254 e. The fourth-order valence-electron chi connectivity index (χ4n) is 4.71. The van der Waals surface area contributed by atoms with E-state index in [-0.39, 0.29) is 18.6 Å². The number of aliphatic hydroxyl groups excluding tert-OH is 1. The van der Waals surface area contributed by atoms with Crippen LogP contribution < -0.4 is 0 Å². The highest BCUT2D eigenvalue weighted by Gasteiger charge is 2.27. The number of β-amino-alcohol motifs (C(OH)–C–C–N with tert-alkyl or cyclic N) is 1. The second kappa shape index (κ2) is 14.5. The van der Waals surface area contributed by atoms with Crippen LogP contribution in [0.15, 0.2) is 54.6 Å². The summed E-state index contributed by atoms with van der Waals surface area (Å²) < 4.78 is 30.9. The zero-order valence-electron chi connectivity index (χ0n) is 21.3. The van der Waals surface area contributed by atoms with Crippen LogP contribution >= 0.6 is 0 Å². The largest absolute Gasteiger partial charge is 0.389 e. The number of ether oxygens (including phenoxy) is 3. The van der Waals surface area contributed by atoms with E-state index < -0.39 is 11.9 Å². The lowest BCUT2D eigenvalue weighted by Crippen LogP contribution is -2.52. The number of nitrogens with zero attached hydrogens (tertiary/aromatic N) is 3. The van der Waals surface area contributed by atoms with Gasteiger partial charge in [-0.1, -0.05) is 36.4 Å². The van der Waals surface area contributed by atoms with Crippen LogP contribution in [0, 0.1) is 5.82 Å². The highest BCUT2D eigenvalue weighted by Crippen LogP contribution is 2.13. The first-order valence-corrected chi connectivity index (χ1v) is 13.1. The number of carbonyl (C=O) groups excluding carboxylic acids is 1. The second-order valence-electron chi connectivity index (χ2n) is 9.62. The summed E-state index contributed by atoms with van der Waals surface area (Å²) in [6, 6.07) is 15.7. The molecule has 0 radical (unpaired) electrons. The third kappa shape index (κ3) is 9.14. The first-order chi connectivity index (χ1) is 18.1. The Labute approximate surface area is 218 Å². The van der Waals surface area contributed by atoms with Gasteiger partial charge in [0.1, 0.15) is 5.82 Å². The number of benzene rings is 2. The Balaban J connectivity index is 1.29. The maximum absolute atomic E-state index is 13.8. The van der Waals surface area contributed by atoms with E-state index in [9.17, 15) is 14.3 Å². The monoisotopic (exact) mass is 515 g/mol. The Kier molecular flexibility index (Phi) is 10.8. The number of carbonyl (C=O) groups is 1. The first-order valence-electron chi connectivity index (χ1n) is 13.1. The van der Waals surface area contributed by atoms with Gasteiger partial charge in [-0.25, -0.2) is 4.39 Å².